The molecular formula is C10H14FNO6P2. The summed E-state index contributed by atoms with van der Waals surface area (Å²) in [5.41, 5.74) is -1.00. The van der Waals surface area contributed by atoms with E-state index < -0.39 is 38.8 Å². The summed E-state index contributed by atoms with van der Waals surface area (Å²) in [6, 6.07) is 4.60. The van der Waals surface area contributed by atoms with Crippen molar-refractivity contribution in [3.05, 3.63) is 30.1 Å². The molecule has 20 heavy (non-hydrogen) atoms. The van der Waals surface area contributed by atoms with Crippen molar-refractivity contribution in [2.75, 3.05) is 17.6 Å². The number of rotatable bonds is 6. The molecule has 0 radical (unpaired) electrons. The van der Waals surface area contributed by atoms with Gasteiger partial charge in [0.05, 0.1) is 6.16 Å². The zero-order valence-electron chi connectivity index (χ0n) is 10.3. The lowest BCUT2D eigenvalue weighted by molar-refractivity contribution is 0.264. The largest absolute Gasteiger partial charge is 0.338 e. The molecule has 0 fully saturated rings. The molecule has 1 rings (SSSR count). The fraction of sp³-hybridized carbons (Fsp3) is 0.300. The van der Waals surface area contributed by atoms with Crippen molar-refractivity contribution in [2.24, 2.45) is 0 Å². The van der Waals surface area contributed by atoms with Crippen LogP contribution in [0.4, 0.5) is 14.9 Å². The zero-order chi connectivity index (χ0) is 15.4. The van der Waals surface area contributed by atoms with E-state index in [0.717, 1.165) is 12.1 Å². The molecule has 0 spiro atoms. The van der Waals surface area contributed by atoms with Crippen LogP contribution >= 0.6 is 15.0 Å². The molecule has 1 atom stereocenters. The smallest absolute Gasteiger partial charge is 0.325 e. The van der Waals surface area contributed by atoms with E-state index in [-0.39, 0.29) is 12.1 Å². The normalized spacial score (nSPS) is 14.6. The molecule has 4 N–H and O–H groups in total. The van der Waals surface area contributed by atoms with Crippen LogP contribution in [0.3, 0.4) is 0 Å². The van der Waals surface area contributed by atoms with Gasteiger partial charge in [0.1, 0.15) is 5.82 Å². The lowest BCUT2D eigenvalue weighted by Gasteiger charge is -2.12. The van der Waals surface area contributed by atoms with Gasteiger partial charge in [0, 0.05) is 11.8 Å². The Morgan fingerprint density at radius 3 is 2.15 bits per heavy atom. The molecule has 1 amide bonds. The summed E-state index contributed by atoms with van der Waals surface area (Å²) < 4.78 is 34.9. The van der Waals surface area contributed by atoms with Crippen LogP contribution in [0.5, 0.6) is 0 Å². The number of hydrogen-bond donors (Lipinski definition) is 4. The van der Waals surface area contributed by atoms with Gasteiger partial charge in [-0.2, -0.15) is 0 Å². The number of amides is 1. The molecule has 0 aromatic heterocycles. The Morgan fingerprint density at radius 2 is 1.65 bits per heavy atom. The second kappa shape index (κ2) is 6.61. The van der Waals surface area contributed by atoms with Crippen molar-refractivity contribution in [1.82, 2.24) is 0 Å². The second-order valence-electron chi connectivity index (χ2n) is 4.10. The number of nitrogens with one attached hydrogen (secondary N) is 1. The Kier molecular flexibility index (Phi) is 5.62. The molecule has 7 nitrogen and oxygen atoms in total. The molecule has 0 saturated carbocycles. The van der Waals surface area contributed by atoms with Gasteiger partial charge in [-0.1, -0.05) is 0 Å². The van der Waals surface area contributed by atoms with Gasteiger partial charge >= 0.3 is 13.2 Å². The Hall–Kier alpha value is -1.04. The predicted molar refractivity (Wildman–Crippen MR) is 71.6 cm³/mol. The maximum absolute atomic E-state index is 12.6. The summed E-state index contributed by atoms with van der Waals surface area (Å²) in [6.45, 7) is 0. The summed E-state index contributed by atoms with van der Waals surface area (Å²) in [5, 5.41) is 2.14. The summed E-state index contributed by atoms with van der Waals surface area (Å²) in [6.07, 6.45) is -1.36. The van der Waals surface area contributed by atoms with Gasteiger partial charge in [0.25, 0.3) is 7.37 Å². The molecule has 0 bridgehead atoms. The fourth-order valence-electron chi connectivity index (χ4n) is 1.34. The quantitative estimate of drug-likeness (QED) is 0.594. The monoisotopic (exact) mass is 325 g/mol. The Bertz CT molecular complexity index is 570. The first-order valence-electron chi connectivity index (χ1n) is 5.54. The van der Waals surface area contributed by atoms with Gasteiger partial charge in [0.15, 0.2) is 0 Å². The summed E-state index contributed by atoms with van der Waals surface area (Å²) in [4.78, 5) is 38.3. The van der Waals surface area contributed by atoms with Crippen molar-refractivity contribution < 1.29 is 33.0 Å². The molecule has 0 saturated heterocycles. The van der Waals surface area contributed by atoms with Crippen LogP contribution < -0.4 is 5.32 Å². The molecule has 0 heterocycles. The average molecular weight is 325 g/mol. The van der Waals surface area contributed by atoms with E-state index in [0.29, 0.717) is 0 Å². The Balaban J connectivity index is 2.58. The van der Waals surface area contributed by atoms with Gasteiger partial charge in [-0.3, -0.25) is 13.9 Å². The van der Waals surface area contributed by atoms with Gasteiger partial charge in [-0.05, 0) is 30.7 Å². The van der Waals surface area contributed by atoms with Gasteiger partial charge in [-0.25, -0.2) is 4.39 Å². The number of halogens is 1. The molecule has 112 valence electrons. The minimum absolute atomic E-state index is 0.153. The topological polar surface area (TPSA) is 124 Å². The number of carbonyl (C=O) groups is 1. The van der Waals surface area contributed by atoms with Crippen LogP contribution in [0.2, 0.25) is 0 Å². The fourth-order valence-corrected chi connectivity index (χ4v) is 3.25. The molecule has 0 aliphatic carbocycles. The summed E-state index contributed by atoms with van der Waals surface area (Å²) in [7, 11) is -8.49. The predicted octanol–water partition coefficient (Wildman–Crippen LogP) is 2.20. The lowest BCUT2D eigenvalue weighted by Crippen LogP contribution is -2.12. The third-order valence-electron chi connectivity index (χ3n) is 2.32. The maximum atomic E-state index is 12.6. The first-order chi connectivity index (χ1) is 9.10. The molecular weight excluding hydrogens is 311 g/mol. The van der Waals surface area contributed by atoms with Crippen molar-refractivity contribution >= 4 is 26.3 Å². The second-order valence-corrected chi connectivity index (χ2v) is 8.14. The molecule has 0 aliphatic heterocycles. The highest BCUT2D eigenvalue weighted by Gasteiger charge is 2.29. The lowest BCUT2D eigenvalue weighted by atomic mass is 10.3. The third-order valence-corrected chi connectivity index (χ3v) is 4.89. The van der Waals surface area contributed by atoms with Crippen LogP contribution in [0.25, 0.3) is 0 Å². The van der Waals surface area contributed by atoms with E-state index in [4.69, 9.17) is 9.79 Å². The van der Waals surface area contributed by atoms with E-state index >= 15 is 0 Å². The highest BCUT2D eigenvalue weighted by molar-refractivity contribution is 7.75. The van der Waals surface area contributed by atoms with Gasteiger partial charge < -0.3 is 20.0 Å². The minimum Gasteiger partial charge on any atom is -0.338 e. The van der Waals surface area contributed by atoms with Crippen LogP contribution in [-0.4, -0.2) is 32.7 Å². The van der Waals surface area contributed by atoms with Crippen LogP contribution in [0.1, 0.15) is 6.42 Å². The SMILES string of the molecule is O=C(Nc1ccc(F)cc1)P(=O)(O)CCCP(=O)(O)O. The van der Waals surface area contributed by atoms with E-state index in [1.54, 1.807) is 0 Å². The molecule has 1 unspecified atom stereocenters. The van der Waals surface area contributed by atoms with Crippen LogP contribution in [0.15, 0.2) is 24.3 Å². The van der Waals surface area contributed by atoms with E-state index in [9.17, 15) is 23.2 Å². The summed E-state index contributed by atoms with van der Waals surface area (Å²) in [5.74, 6) is -0.517. The highest BCUT2D eigenvalue weighted by Crippen LogP contribution is 2.45. The van der Waals surface area contributed by atoms with Gasteiger partial charge in [-0.15, -0.1) is 0 Å². The Labute approximate surface area is 114 Å². The first kappa shape index (κ1) is 17.0. The molecule has 1 aromatic carbocycles. The average Bonchev–Trinajstić information content (AvgIpc) is 2.30. The molecule has 0 aliphatic rings. The van der Waals surface area contributed by atoms with Crippen molar-refractivity contribution in [3.8, 4) is 0 Å². The van der Waals surface area contributed by atoms with E-state index in [1.807, 2.05) is 0 Å². The Morgan fingerprint density at radius 1 is 1.10 bits per heavy atom. The number of benzene rings is 1. The minimum atomic E-state index is -4.26. The molecule has 10 heteroatoms. The van der Waals surface area contributed by atoms with Crippen LogP contribution in [-0.2, 0) is 9.13 Å². The molecule has 1 aromatic rings. The number of anilines is 1. The third kappa shape index (κ3) is 5.94. The number of carbonyl (C=O) groups excluding carboxylic acids is 1. The summed E-state index contributed by atoms with van der Waals surface area (Å²) >= 11 is 0. The van der Waals surface area contributed by atoms with Crippen LogP contribution in [0, 0.1) is 5.82 Å². The number of hydrogen-bond acceptors (Lipinski definition) is 3. The van der Waals surface area contributed by atoms with E-state index in [2.05, 4.69) is 5.32 Å². The van der Waals surface area contributed by atoms with E-state index in [1.165, 1.54) is 12.1 Å². The standard InChI is InChI=1S/C10H14FNO6P2/c11-8-2-4-9(5-3-8)12-10(13)19(14,15)6-1-7-20(16,17)18/h2-5H,1,6-7H2,(H,12,13)(H,14,15)(H2,16,17,18). The van der Waals surface area contributed by atoms with Crippen molar-refractivity contribution in [2.45, 2.75) is 6.42 Å². The van der Waals surface area contributed by atoms with Gasteiger partial charge in [0.2, 0.25) is 0 Å². The first-order valence-corrected chi connectivity index (χ1v) is 9.18. The highest BCUT2D eigenvalue weighted by atomic mass is 31.2. The zero-order valence-corrected chi connectivity index (χ0v) is 12.1. The van der Waals surface area contributed by atoms with Crippen molar-refractivity contribution in [1.29, 1.82) is 0 Å². The maximum Gasteiger partial charge on any atom is 0.325 e. The van der Waals surface area contributed by atoms with Crippen molar-refractivity contribution in [3.63, 3.8) is 0 Å².